The molecule has 2 fully saturated rings. The van der Waals surface area contributed by atoms with Crippen molar-refractivity contribution in [3.05, 3.63) is 35.9 Å². The van der Waals surface area contributed by atoms with E-state index in [2.05, 4.69) is 24.1 Å². The van der Waals surface area contributed by atoms with Crippen LogP contribution in [0.5, 0.6) is 0 Å². The first-order valence-corrected chi connectivity index (χ1v) is 8.27. The SMILES string of the molecule is CN1CCC(O)(CN2CC(Cc3ccccc3)CC2=O)CC1. The van der Waals surface area contributed by atoms with Crippen molar-refractivity contribution in [3.63, 3.8) is 0 Å². The molecule has 0 aliphatic carbocycles. The zero-order chi connectivity index (χ0) is 15.6. The number of carbonyl (C=O) groups is 1. The highest BCUT2D eigenvalue weighted by Gasteiger charge is 2.38. The molecule has 1 N–H and O–H groups in total. The number of amides is 1. The summed E-state index contributed by atoms with van der Waals surface area (Å²) in [6, 6.07) is 10.4. The van der Waals surface area contributed by atoms with Crippen LogP contribution in [0, 0.1) is 5.92 Å². The highest BCUT2D eigenvalue weighted by atomic mass is 16.3. The zero-order valence-corrected chi connectivity index (χ0v) is 13.4. The van der Waals surface area contributed by atoms with Crippen LogP contribution in [-0.4, -0.2) is 59.6 Å². The van der Waals surface area contributed by atoms with Crippen molar-refractivity contribution in [3.8, 4) is 0 Å². The maximum Gasteiger partial charge on any atom is 0.223 e. The Morgan fingerprint density at radius 1 is 1.23 bits per heavy atom. The van der Waals surface area contributed by atoms with E-state index in [0.29, 0.717) is 18.9 Å². The van der Waals surface area contributed by atoms with Crippen molar-refractivity contribution in [1.82, 2.24) is 9.80 Å². The van der Waals surface area contributed by atoms with Gasteiger partial charge in [-0.2, -0.15) is 0 Å². The van der Waals surface area contributed by atoms with Gasteiger partial charge < -0.3 is 14.9 Å². The van der Waals surface area contributed by atoms with Crippen molar-refractivity contribution in [2.45, 2.75) is 31.3 Å². The fourth-order valence-electron chi connectivity index (χ4n) is 3.64. The Kier molecular flexibility index (Phi) is 4.50. The van der Waals surface area contributed by atoms with Crippen LogP contribution in [0.15, 0.2) is 30.3 Å². The predicted octanol–water partition coefficient (Wildman–Crippen LogP) is 1.53. The number of piperidine rings is 1. The quantitative estimate of drug-likeness (QED) is 0.917. The lowest BCUT2D eigenvalue weighted by Gasteiger charge is -2.39. The average molecular weight is 302 g/mol. The second-order valence-corrected chi connectivity index (χ2v) is 7.06. The maximum atomic E-state index is 12.3. The van der Waals surface area contributed by atoms with Gasteiger partial charge in [0.15, 0.2) is 0 Å². The van der Waals surface area contributed by atoms with E-state index in [1.54, 1.807) is 0 Å². The van der Waals surface area contributed by atoms with Crippen LogP contribution in [0.25, 0.3) is 0 Å². The van der Waals surface area contributed by atoms with E-state index in [9.17, 15) is 9.90 Å². The molecule has 1 unspecified atom stereocenters. The molecule has 2 heterocycles. The van der Waals surface area contributed by atoms with Crippen molar-refractivity contribution in [1.29, 1.82) is 0 Å². The number of benzene rings is 1. The Balaban J connectivity index is 1.56. The van der Waals surface area contributed by atoms with Crippen molar-refractivity contribution in [2.24, 2.45) is 5.92 Å². The van der Waals surface area contributed by atoms with Crippen LogP contribution in [0.2, 0.25) is 0 Å². The summed E-state index contributed by atoms with van der Waals surface area (Å²) in [5.74, 6) is 0.582. The van der Waals surface area contributed by atoms with E-state index < -0.39 is 5.60 Å². The minimum Gasteiger partial charge on any atom is -0.388 e. The van der Waals surface area contributed by atoms with Gasteiger partial charge in [-0.1, -0.05) is 30.3 Å². The summed E-state index contributed by atoms with van der Waals surface area (Å²) in [6.45, 7) is 3.11. The molecule has 1 amide bonds. The number of nitrogens with zero attached hydrogens (tertiary/aromatic N) is 2. The lowest BCUT2D eigenvalue weighted by atomic mass is 9.91. The molecule has 4 heteroatoms. The Morgan fingerprint density at radius 3 is 2.59 bits per heavy atom. The molecule has 3 rings (SSSR count). The van der Waals surface area contributed by atoms with E-state index in [0.717, 1.165) is 38.9 Å². The number of hydrogen-bond acceptors (Lipinski definition) is 3. The van der Waals surface area contributed by atoms with Gasteiger partial charge in [0.25, 0.3) is 0 Å². The van der Waals surface area contributed by atoms with E-state index in [1.165, 1.54) is 5.56 Å². The zero-order valence-electron chi connectivity index (χ0n) is 13.4. The Hall–Kier alpha value is -1.39. The van der Waals surface area contributed by atoms with Crippen LogP contribution in [-0.2, 0) is 11.2 Å². The van der Waals surface area contributed by atoms with Gasteiger partial charge in [0.2, 0.25) is 5.91 Å². The smallest absolute Gasteiger partial charge is 0.223 e. The van der Waals surface area contributed by atoms with Crippen LogP contribution in [0.3, 0.4) is 0 Å². The first kappa shape index (κ1) is 15.5. The monoisotopic (exact) mass is 302 g/mol. The topological polar surface area (TPSA) is 43.8 Å². The summed E-state index contributed by atoms with van der Waals surface area (Å²) >= 11 is 0. The number of β-amino-alcohol motifs (C(OH)–C–C–N with tert-alkyl or cyclic N) is 1. The molecule has 0 bridgehead atoms. The molecule has 0 saturated carbocycles. The molecule has 2 aliphatic rings. The van der Waals surface area contributed by atoms with Crippen LogP contribution < -0.4 is 0 Å². The third kappa shape index (κ3) is 3.68. The average Bonchev–Trinajstić information content (AvgIpc) is 2.83. The molecule has 0 spiro atoms. The van der Waals surface area contributed by atoms with E-state index in [4.69, 9.17) is 0 Å². The highest BCUT2D eigenvalue weighted by molar-refractivity contribution is 5.78. The maximum absolute atomic E-state index is 12.3. The van der Waals surface area contributed by atoms with Gasteiger partial charge in [-0.05, 0) is 37.8 Å². The molecule has 1 aromatic rings. The van der Waals surface area contributed by atoms with E-state index in [1.807, 2.05) is 23.1 Å². The fraction of sp³-hybridized carbons (Fsp3) is 0.611. The molecule has 0 aromatic heterocycles. The predicted molar refractivity (Wildman–Crippen MR) is 86.5 cm³/mol. The summed E-state index contributed by atoms with van der Waals surface area (Å²) in [6.07, 6.45) is 3.09. The van der Waals surface area contributed by atoms with E-state index in [-0.39, 0.29) is 5.91 Å². The third-order valence-electron chi connectivity index (χ3n) is 5.06. The Labute approximate surface area is 132 Å². The second-order valence-electron chi connectivity index (χ2n) is 7.06. The first-order valence-electron chi connectivity index (χ1n) is 8.27. The second kappa shape index (κ2) is 6.39. The Bertz CT molecular complexity index is 509. The van der Waals surface area contributed by atoms with Gasteiger partial charge in [0.1, 0.15) is 0 Å². The Morgan fingerprint density at radius 2 is 1.91 bits per heavy atom. The lowest BCUT2D eigenvalue weighted by molar-refractivity contribution is -0.132. The van der Waals surface area contributed by atoms with Crippen molar-refractivity contribution in [2.75, 3.05) is 33.2 Å². The summed E-state index contributed by atoms with van der Waals surface area (Å²) in [7, 11) is 2.08. The molecule has 0 radical (unpaired) electrons. The molecule has 2 saturated heterocycles. The summed E-state index contributed by atoms with van der Waals surface area (Å²) in [5, 5.41) is 10.7. The van der Waals surface area contributed by atoms with Crippen molar-refractivity contribution < 1.29 is 9.90 Å². The summed E-state index contributed by atoms with van der Waals surface area (Å²) in [4.78, 5) is 16.4. The molecule has 2 aliphatic heterocycles. The molecule has 4 nitrogen and oxygen atoms in total. The molecular formula is C18H26N2O2. The van der Waals surface area contributed by atoms with Gasteiger partial charge in [-0.3, -0.25) is 4.79 Å². The molecule has 22 heavy (non-hydrogen) atoms. The van der Waals surface area contributed by atoms with Gasteiger partial charge in [0, 0.05) is 32.6 Å². The number of rotatable bonds is 4. The lowest BCUT2D eigenvalue weighted by Crippen LogP contribution is -2.50. The molecule has 120 valence electrons. The standard InChI is InChI=1S/C18H26N2O2/c1-19-9-7-18(22,8-10-19)14-20-13-16(12-17(20)21)11-15-5-3-2-4-6-15/h2-6,16,22H,7-14H2,1H3. The minimum atomic E-state index is -0.691. The first-order chi connectivity index (χ1) is 10.5. The third-order valence-corrected chi connectivity index (χ3v) is 5.06. The highest BCUT2D eigenvalue weighted by Crippen LogP contribution is 2.28. The van der Waals surface area contributed by atoms with Gasteiger partial charge in [0.05, 0.1) is 5.60 Å². The normalized spacial score (nSPS) is 25.6. The minimum absolute atomic E-state index is 0.202. The van der Waals surface area contributed by atoms with Crippen LogP contribution in [0.4, 0.5) is 0 Å². The fourth-order valence-corrected chi connectivity index (χ4v) is 3.64. The van der Waals surface area contributed by atoms with Crippen LogP contribution in [0.1, 0.15) is 24.8 Å². The largest absolute Gasteiger partial charge is 0.388 e. The molecule has 1 atom stereocenters. The number of aliphatic hydroxyl groups is 1. The van der Waals surface area contributed by atoms with E-state index >= 15 is 0 Å². The van der Waals surface area contributed by atoms with Gasteiger partial charge >= 0.3 is 0 Å². The molecule has 1 aromatic carbocycles. The van der Waals surface area contributed by atoms with Crippen LogP contribution >= 0.6 is 0 Å². The molecular weight excluding hydrogens is 276 g/mol. The number of carbonyl (C=O) groups excluding carboxylic acids is 1. The summed E-state index contributed by atoms with van der Waals surface area (Å²) in [5.41, 5.74) is 0.601. The number of hydrogen-bond donors (Lipinski definition) is 1. The van der Waals surface area contributed by atoms with Gasteiger partial charge in [-0.15, -0.1) is 0 Å². The van der Waals surface area contributed by atoms with Crippen molar-refractivity contribution >= 4 is 5.91 Å². The number of likely N-dealkylation sites (tertiary alicyclic amines) is 2. The summed E-state index contributed by atoms with van der Waals surface area (Å²) < 4.78 is 0. The van der Waals surface area contributed by atoms with Gasteiger partial charge in [-0.25, -0.2) is 0 Å².